The Morgan fingerprint density at radius 3 is 2.37 bits per heavy atom. The molecule has 0 spiro atoms. The minimum Gasteiger partial charge on any atom is -0.495 e. The molecule has 2 aromatic rings. The first-order chi connectivity index (χ1) is 8.93. The molecule has 1 nitrogen and oxygen atoms in total. The van der Waals surface area contributed by atoms with E-state index in [9.17, 15) is 0 Å². The van der Waals surface area contributed by atoms with Gasteiger partial charge in [-0.05, 0) is 66.0 Å². The molecule has 0 aliphatic rings. The zero-order valence-corrected chi connectivity index (χ0v) is 16.6. The summed E-state index contributed by atoms with van der Waals surface area (Å²) in [5, 5.41) is 0.264. The highest BCUT2D eigenvalue weighted by Gasteiger charge is 2.22. The van der Waals surface area contributed by atoms with Crippen molar-refractivity contribution < 1.29 is 4.74 Å². The molecule has 0 fully saturated rings. The highest BCUT2D eigenvalue weighted by atomic mass is 79.9. The third kappa shape index (κ3) is 3.50. The van der Waals surface area contributed by atoms with Gasteiger partial charge in [0.2, 0.25) is 0 Å². The summed E-state index contributed by atoms with van der Waals surface area (Å²) in [6.45, 7) is 0. The SMILES string of the molecule is COc1c(Br)cc(Cl)cc1C(Cl)c1cc(Br)sc1Br. The second-order valence-corrected chi connectivity index (χ2v) is 9.13. The first-order valence-corrected chi connectivity index (χ1v) is 9.06. The molecule has 0 aliphatic heterocycles. The van der Waals surface area contributed by atoms with Crippen molar-refractivity contribution in [1.29, 1.82) is 0 Å². The van der Waals surface area contributed by atoms with Gasteiger partial charge in [-0.3, -0.25) is 0 Å². The van der Waals surface area contributed by atoms with Crippen molar-refractivity contribution in [3.05, 3.63) is 46.4 Å². The third-order valence-corrected chi connectivity index (χ3v) is 6.13. The van der Waals surface area contributed by atoms with Gasteiger partial charge in [0.05, 0.1) is 24.5 Å². The lowest BCUT2D eigenvalue weighted by Gasteiger charge is -2.15. The minimum absolute atomic E-state index is 0.345. The third-order valence-electron chi connectivity index (χ3n) is 2.47. The van der Waals surface area contributed by atoms with Crippen LogP contribution >= 0.6 is 82.3 Å². The fourth-order valence-electron chi connectivity index (χ4n) is 1.68. The zero-order valence-electron chi connectivity index (χ0n) is 9.52. The van der Waals surface area contributed by atoms with E-state index in [4.69, 9.17) is 27.9 Å². The van der Waals surface area contributed by atoms with Crippen molar-refractivity contribution in [2.45, 2.75) is 5.38 Å². The van der Waals surface area contributed by atoms with Crippen molar-refractivity contribution in [3.63, 3.8) is 0 Å². The molecule has 0 N–H and O–H groups in total. The van der Waals surface area contributed by atoms with Crippen LogP contribution in [0.15, 0.2) is 30.2 Å². The largest absolute Gasteiger partial charge is 0.495 e. The number of benzene rings is 1. The second-order valence-electron chi connectivity index (χ2n) is 3.65. The van der Waals surface area contributed by atoms with Crippen molar-refractivity contribution in [2.24, 2.45) is 0 Å². The topological polar surface area (TPSA) is 9.23 Å². The second kappa shape index (κ2) is 6.67. The minimum atomic E-state index is -0.345. The summed E-state index contributed by atoms with van der Waals surface area (Å²) in [7, 11) is 1.61. The van der Waals surface area contributed by atoms with Crippen LogP contribution in [0.4, 0.5) is 0 Å². The van der Waals surface area contributed by atoms with Crippen LogP contribution < -0.4 is 4.74 Å². The molecular weight excluding hydrogens is 503 g/mol. The Morgan fingerprint density at radius 1 is 1.16 bits per heavy atom. The van der Waals surface area contributed by atoms with Gasteiger partial charge in [-0.15, -0.1) is 22.9 Å². The highest BCUT2D eigenvalue weighted by Crippen LogP contribution is 2.45. The predicted octanol–water partition coefficient (Wildman–Crippen LogP) is 7.03. The summed E-state index contributed by atoms with van der Waals surface area (Å²) in [4.78, 5) is 0. The summed E-state index contributed by atoms with van der Waals surface area (Å²) in [5.74, 6) is 0.693. The van der Waals surface area contributed by atoms with Gasteiger partial charge in [0.25, 0.3) is 0 Å². The van der Waals surface area contributed by atoms with E-state index in [0.717, 1.165) is 23.2 Å². The quantitative estimate of drug-likeness (QED) is 0.404. The molecule has 19 heavy (non-hydrogen) atoms. The number of hydrogen-bond donors (Lipinski definition) is 0. The van der Waals surface area contributed by atoms with E-state index in [1.165, 1.54) is 0 Å². The van der Waals surface area contributed by atoms with Crippen molar-refractivity contribution in [2.75, 3.05) is 7.11 Å². The van der Waals surface area contributed by atoms with Crippen LogP contribution in [-0.4, -0.2) is 7.11 Å². The Morgan fingerprint density at radius 2 is 1.84 bits per heavy atom. The van der Waals surface area contributed by atoms with Crippen LogP contribution in [0.5, 0.6) is 5.75 Å². The van der Waals surface area contributed by atoms with Gasteiger partial charge in [0.1, 0.15) is 5.75 Å². The van der Waals surface area contributed by atoms with E-state index in [0.29, 0.717) is 10.8 Å². The molecule has 1 atom stereocenters. The number of alkyl halides is 1. The Bertz CT molecular complexity index is 615. The summed E-state index contributed by atoms with van der Waals surface area (Å²) < 4.78 is 8.19. The lowest BCUT2D eigenvalue weighted by atomic mass is 10.1. The fourth-order valence-corrected chi connectivity index (χ4v) is 6.11. The molecule has 1 unspecified atom stereocenters. The predicted molar refractivity (Wildman–Crippen MR) is 93.1 cm³/mol. The van der Waals surface area contributed by atoms with Crippen LogP contribution in [0, 0.1) is 0 Å². The summed E-state index contributed by atoms with van der Waals surface area (Å²) in [6.07, 6.45) is 0. The molecular formula is C12H7Br3Cl2OS. The molecule has 102 valence electrons. The van der Waals surface area contributed by atoms with Crippen LogP contribution in [0.3, 0.4) is 0 Å². The summed E-state index contributed by atoms with van der Waals surface area (Å²) >= 11 is 24.6. The number of halogens is 5. The lowest BCUT2D eigenvalue weighted by Crippen LogP contribution is -1.98. The lowest BCUT2D eigenvalue weighted by molar-refractivity contribution is 0.407. The van der Waals surface area contributed by atoms with Gasteiger partial charge in [0.15, 0.2) is 0 Å². The standard InChI is InChI=1S/C12H7Br3Cl2OS/c1-18-11-6(2-5(16)3-8(11)13)10(17)7-4-9(14)19-12(7)15/h2-4,10H,1H3. The van der Waals surface area contributed by atoms with E-state index >= 15 is 0 Å². The average molecular weight is 510 g/mol. The maximum atomic E-state index is 6.57. The van der Waals surface area contributed by atoms with E-state index in [1.54, 1.807) is 24.5 Å². The Balaban J connectivity index is 2.55. The van der Waals surface area contributed by atoms with Gasteiger partial charge in [-0.1, -0.05) is 11.6 Å². The van der Waals surface area contributed by atoms with E-state index in [1.807, 2.05) is 12.1 Å². The van der Waals surface area contributed by atoms with Crippen LogP contribution in [-0.2, 0) is 0 Å². The van der Waals surface area contributed by atoms with Crippen molar-refractivity contribution in [3.8, 4) is 5.75 Å². The Kier molecular flexibility index (Phi) is 5.66. The number of thiophene rings is 1. The van der Waals surface area contributed by atoms with Crippen LogP contribution in [0.25, 0.3) is 0 Å². The van der Waals surface area contributed by atoms with Gasteiger partial charge in [-0.25, -0.2) is 0 Å². The summed E-state index contributed by atoms with van der Waals surface area (Å²) in [5.41, 5.74) is 1.81. The smallest absolute Gasteiger partial charge is 0.138 e. The molecule has 0 aliphatic carbocycles. The van der Waals surface area contributed by atoms with E-state index < -0.39 is 0 Å². The zero-order chi connectivity index (χ0) is 14.2. The fraction of sp³-hybridized carbons (Fsp3) is 0.167. The van der Waals surface area contributed by atoms with Crippen LogP contribution in [0.2, 0.25) is 5.02 Å². The number of ether oxygens (including phenoxy) is 1. The first-order valence-electron chi connectivity index (χ1n) is 5.05. The maximum absolute atomic E-state index is 6.57. The van der Waals surface area contributed by atoms with Gasteiger partial charge in [-0.2, -0.15) is 0 Å². The van der Waals surface area contributed by atoms with E-state index in [-0.39, 0.29) is 5.38 Å². The van der Waals surface area contributed by atoms with Gasteiger partial charge in [0, 0.05) is 16.1 Å². The molecule has 1 heterocycles. The van der Waals surface area contributed by atoms with Gasteiger partial charge >= 0.3 is 0 Å². The normalized spacial score (nSPS) is 12.5. The maximum Gasteiger partial charge on any atom is 0.138 e. The Hall–Kier alpha value is 0.740. The molecule has 7 heteroatoms. The first kappa shape index (κ1) is 16.1. The van der Waals surface area contributed by atoms with Crippen molar-refractivity contribution >= 4 is 82.3 Å². The molecule has 2 rings (SSSR count). The van der Waals surface area contributed by atoms with Crippen LogP contribution in [0.1, 0.15) is 16.5 Å². The number of methoxy groups -OCH3 is 1. The average Bonchev–Trinajstić information content (AvgIpc) is 2.66. The molecule has 1 aromatic heterocycles. The van der Waals surface area contributed by atoms with Gasteiger partial charge < -0.3 is 4.74 Å². The molecule has 0 bridgehead atoms. The molecule has 0 amide bonds. The monoisotopic (exact) mass is 506 g/mol. The molecule has 0 radical (unpaired) electrons. The summed E-state index contributed by atoms with van der Waals surface area (Å²) in [6, 6.07) is 5.59. The Labute approximate surface area is 150 Å². The molecule has 0 saturated carbocycles. The highest BCUT2D eigenvalue weighted by molar-refractivity contribution is 9.12. The van der Waals surface area contributed by atoms with E-state index in [2.05, 4.69) is 47.8 Å². The molecule has 0 saturated heterocycles. The number of hydrogen-bond acceptors (Lipinski definition) is 2. The molecule has 1 aromatic carbocycles. The van der Waals surface area contributed by atoms with Crippen molar-refractivity contribution in [1.82, 2.24) is 0 Å². The number of rotatable bonds is 3.